The van der Waals surface area contributed by atoms with Crippen LogP contribution < -0.4 is 5.32 Å². The van der Waals surface area contributed by atoms with Crippen molar-refractivity contribution in [3.63, 3.8) is 0 Å². The Hall–Kier alpha value is -1.36. The van der Waals surface area contributed by atoms with Crippen molar-refractivity contribution in [1.82, 2.24) is 19.6 Å². The third-order valence-corrected chi connectivity index (χ3v) is 4.54. The summed E-state index contributed by atoms with van der Waals surface area (Å²) in [4.78, 5) is 8.36. The summed E-state index contributed by atoms with van der Waals surface area (Å²) in [7, 11) is 0. The van der Waals surface area contributed by atoms with E-state index in [1.165, 1.54) is 32.0 Å². The summed E-state index contributed by atoms with van der Waals surface area (Å²) >= 11 is 6.19. The van der Waals surface area contributed by atoms with Gasteiger partial charge in [0.15, 0.2) is 0 Å². The van der Waals surface area contributed by atoms with Gasteiger partial charge in [0.1, 0.15) is 17.3 Å². The molecule has 2 heterocycles. The molecule has 19 heavy (non-hydrogen) atoms. The van der Waals surface area contributed by atoms with Gasteiger partial charge in [-0.05, 0) is 44.4 Å². The number of rotatable bonds is 4. The second-order valence-corrected chi connectivity index (χ2v) is 6.05. The molecule has 0 bridgehead atoms. The van der Waals surface area contributed by atoms with E-state index in [9.17, 15) is 0 Å². The molecule has 2 aliphatic rings. The first-order valence-corrected chi connectivity index (χ1v) is 7.24. The van der Waals surface area contributed by atoms with Gasteiger partial charge in [-0.15, -0.1) is 0 Å². The van der Waals surface area contributed by atoms with Crippen LogP contribution in [0.5, 0.6) is 0 Å². The Bertz CT molecular complexity index is 617. The molecule has 2 aliphatic carbocycles. The Morgan fingerprint density at radius 1 is 1.32 bits per heavy atom. The highest BCUT2D eigenvalue weighted by atomic mass is 35.5. The Morgan fingerprint density at radius 2 is 2.00 bits per heavy atom. The molecule has 6 heteroatoms. The molecule has 1 N–H and O–H groups in total. The lowest BCUT2D eigenvalue weighted by Crippen LogP contribution is -2.26. The normalized spacial score (nSPS) is 19.3. The molecule has 2 aromatic heterocycles. The zero-order chi connectivity index (χ0) is 13.0. The van der Waals surface area contributed by atoms with Crippen LogP contribution in [0.4, 0.5) is 5.82 Å². The van der Waals surface area contributed by atoms with Crippen LogP contribution in [0.2, 0.25) is 5.15 Å². The SMILES string of the molecule is Cc1c(Cl)nc2ncnn2c1NC(C1CC1)C1CC1. The average molecular weight is 278 g/mol. The molecule has 0 unspecified atom stereocenters. The number of nitrogens with one attached hydrogen (secondary N) is 1. The number of halogens is 1. The Labute approximate surface area is 116 Å². The van der Waals surface area contributed by atoms with Gasteiger partial charge in [-0.3, -0.25) is 0 Å². The number of aromatic nitrogens is 4. The maximum Gasteiger partial charge on any atom is 0.255 e. The van der Waals surface area contributed by atoms with E-state index in [0.29, 0.717) is 17.0 Å². The molecule has 0 saturated heterocycles. The summed E-state index contributed by atoms with van der Waals surface area (Å²) in [5, 5.41) is 8.44. The minimum atomic E-state index is 0.508. The molecule has 0 radical (unpaired) electrons. The van der Waals surface area contributed by atoms with E-state index in [1.54, 1.807) is 4.52 Å². The van der Waals surface area contributed by atoms with Crippen molar-refractivity contribution < 1.29 is 0 Å². The number of nitrogens with zero attached hydrogens (tertiary/aromatic N) is 4. The fraction of sp³-hybridized carbons (Fsp3) is 0.615. The van der Waals surface area contributed by atoms with Gasteiger partial charge in [-0.25, -0.2) is 0 Å². The molecule has 0 atom stereocenters. The highest BCUT2D eigenvalue weighted by molar-refractivity contribution is 6.30. The number of hydrogen-bond acceptors (Lipinski definition) is 4. The standard InChI is InChI=1S/C13H16ClN5/c1-7-11(14)18-13-15-6-16-19(13)12(7)17-10(8-2-3-8)9-4-5-9/h6,8-10,17H,2-5H2,1H3. The van der Waals surface area contributed by atoms with Crippen LogP contribution in [0.1, 0.15) is 31.2 Å². The fourth-order valence-electron chi connectivity index (χ4n) is 2.76. The molecule has 2 aromatic rings. The van der Waals surface area contributed by atoms with Gasteiger partial charge in [0.05, 0.1) is 0 Å². The lowest BCUT2D eigenvalue weighted by atomic mass is 10.1. The molecule has 2 fully saturated rings. The van der Waals surface area contributed by atoms with Gasteiger partial charge in [0, 0.05) is 11.6 Å². The summed E-state index contributed by atoms with van der Waals surface area (Å²) < 4.78 is 1.76. The van der Waals surface area contributed by atoms with E-state index in [0.717, 1.165) is 23.2 Å². The quantitative estimate of drug-likeness (QED) is 0.873. The third-order valence-electron chi connectivity index (χ3n) is 4.17. The van der Waals surface area contributed by atoms with Crippen LogP contribution in [0.15, 0.2) is 6.33 Å². The minimum Gasteiger partial charge on any atom is -0.366 e. The zero-order valence-electron chi connectivity index (χ0n) is 10.8. The molecule has 2 saturated carbocycles. The molecular weight excluding hydrogens is 262 g/mol. The Balaban J connectivity index is 1.76. The first-order valence-electron chi connectivity index (χ1n) is 6.86. The Kier molecular flexibility index (Phi) is 2.45. The summed E-state index contributed by atoms with van der Waals surface area (Å²) in [6.45, 7) is 1.98. The van der Waals surface area contributed by atoms with Gasteiger partial charge in [-0.1, -0.05) is 11.6 Å². The summed E-state index contributed by atoms with van der Waals surface area (Å²) in [6.07, 6.45) is 6.88. The first kappa shape index (κ1) is 11.5. The molecule has 0 aliphatic heterocycles. The van der Waals surface area contributed by atoms with Gasteiger partial charge < -0.3 is 5.32 Å². The molecule has 0 aromatic carbocycles. The lowest BCUT2D eigenvalue weighted by Gasteiger charge is -2.21. The zero-order valence-corrected chi connectivity index (χ0v) is 11.6. The van der Waals surface area contributed by atoms with E-state index >= 15 is 0 Å². The fourth-order valence-corrected chi connectivity index (χ4v) is 2.92. The summed E-state index contributed by atoms with van der Waals surface area (Å²) in [6, 6.07) is 0.560. The molecule has 4 rings (SSSR count). The van der Waals surface area contributed by atoms with Crippen molar-refractivity contribution in [2.45, 2.75) is 38.6 Å². The number of anilines is 1. The van der Waals surface area contributed by atoms with Crippen LogP contribution in [0.3, 0.4) is 0 Å². The van der Waals surface area contributed by atoms with E-state index in [2.05, 4.69) is 20.4 Å². The van der Waals surface area contributed by atoms with Crippen LogP contribution in [0.25, 0.3) is 5.78 Å². The highest BCUT2D eigenvalue weighted by Crippen LogP contribution is 2.46. The molecule has 0 spiro atoms. The monoisotopic (exact) mass is 277 g/mol. The van der Waals surface area contributed by atoms with E-state index in [1.807, 2.05) is 6.92 Å². The molecule has 0 amide bonds. The van der Waals surface area contributed by atoms with E-state index in [4.69, 9.17) is 11.6 Å². The lowest BCUT2D eigenvalue weighted by molar-refractivity contribution is 0.562. The number of fused-ring (bicyclic) bond motifs is 1. The van der Waals surface area contributed by atoms with E-state index < -0.39 is 0 Å². The first-order chi connectivity index (χ1) is 9.24. The van der Waals surface area contributed by atoms with Crippen molar-refractivity contribution in [1.29, 1.82) is 0 Å². The van der Waals surface area contributed by atoms with E-state index in [-0.39, 0.29) is 0 Å². The van der Waals surface area contributed by atoms with Gasteiger partial charge in [0.2, 0.25) is 0 Å². The highest BCUT2D eigenvalue weighted by Gasteiger charge is 2.42. The van der Waals surface area contributed by atoms with Gasteiger partial charge in [-0.2, -0.15) is 19.6 Å². The van der Waals surface area contributed by atoms with Crippen molar-refractivity contribution in [3.05, 3.63) is 17.0 Å². The summed E-state index contributed by atoms with van der Waals surface area (Å²) in [5.74, 6) is 3.15. The van der Waals surface area contributed by atoms with Crippen LogP contribution in [-0.2, 0) is 0 Å². The second-order valence-electron chi connectivity index (χ2n) is 5.69. The maximum absolute atomic E-state index is 6.19. The predicted molar refractivity (Wildman–Crippen MR) is 73.4 cm³/mol. The van der Waals surface area contributed by atoms with Crippen LogP contribution >= 0.6 is 11.6 Å². The minimum absolute atomic E-state index is 0.508. The predicted octanol–water partition coefficient (Wildman–Crippen LogP) is 2.69. The third kappa shape index (κ3) is 1.96. The molecule has 5 nitrogen and oxygen atoms in total. The van der Waals surface area contributed by atoms with Gasteiger partial charge >= 0.3 is 0 Å². The smallest absolute Gasteiger partial charge is 0.255 e. The van der Waals surface area contributed by atoms with Crippen LogP contribution in [0, 0.1) is 18.8 Å². The topological polar surface area (TPSA) is 55.1 Å². The van der Waals surface area contributed by atoms with Crippen molar-refractivity contribution >= 4 is 23.2 Å². The van der Waals surface area contributed by atoms with Crippen molar-refractivity contribution in [2.75, 3.05) is 5.32 Å². The molecule has 100 valence electrons. The summed E-state index contributed by atoms with van der Waals surface area (Å²) in [5.41, 5.74) is 0.950. The second kappa shape index (κ2) is 4.07. The van der Waals surface area contributed by atoms with Crippen LogP contribution in [-0.4, -0.2) is 25.6 Å². The van der Waals surface area contributed by atoms with Gasteiger partial charge in [0.25, 0.3) is 5.78 Å². The van der Waals surface area contributed by atoms with Crippen molar-refractivity contribution in [2.24, 2.45) is 11.8 Å². The Morgan fingerprint density at radius 3 is 2.63 bits per heavy atom. The average Bonchev–Trinajstić information content (AvgIpc) is 3.29. The maximum atomic E-state index is 6.19. The molecular formula is C13H16ClN5. The number of hydrogen-bond donors (Lipinski definition) is 1. The van der Waals surface area contributed by atoms with Crippen molar-refractivity contribution in [3.8, 4) is 0 Å². The largest absolute Gasteiger partial charge is 0.366 e.